The molecule has 0 atom stereocenters. The summed E-state index contributed by atoms with van der Waals surface area (Å²) in [5.74, 6) is 0.334. The summed E-state index contributed by atoms with van der Waals surface area (Å²) in [4.78, 5) is 0. The van der Waals surface area contributed by atoms with Crippen LogP contribution < -0.4 is 4.74 Å². The molecule has 0 amide bonds. The zero-order valence-electron chi connectivity index (χ0n) is 8.72. The molecular formula is C12H14ClFO. The SMILES string of the molecule is Cc1cc(OC2CCCC2)c(Cl)cc1F. The molecule has 1 aromatic carbocycles. The van der Waals surface area contributed by atoms with E-state index in [1.54, 1.807) is 13.0 Å². The summed E-state index contributed by atoms with van der Waals surface area (Å²) in [6.07, 6.45) is 4.83. The molecule has 1 aliphatic rings. The summed E-state index contributed by atoms with van der Waals surface area (Å²) in [5, 5.41) is 0.366. The maximum absolute atomic E-state index is 13.1. The van der Waals surface area contributed by atoms with E-state index in [9.17, 15) is 4.39 Å². The van der Waals surface area contributed by atoms with Gasteiger partial charge in [-0.2, -0.15) is 0 Å². The number of ether oxygens (including phenoxy) is 1. The monoisotopic (exact) mass is 228 g/mol. The van der Waals surface area contributed by atoms with Gasteiger partial charge in [0.1, 0.15) is 11.6 Å². The Balaban J connectivity index is 2.16. The Morgan fingerprint density at radius 2 is 2.00 bits per heavy atom. The number of hydrogen-bond donors (Lipinski definition) is 0. The third-order valence-electron chi connectivity index (χ3n) is 2.81. The molecule has 1 aromatic rings. The molecule has 0 N–H and O–H groups in total. The quantitative estimate of drug-likeness (QED) is 0.740. The van der Waals surface area contributed by atoms with Crippen molar-refractivity contribution in [2.45, 2.75) is 38.7 Å². The second kappa shape index (κ2) is 4.40. The molecule has 0 bridgehead atoms. The van der Waals surface area contributed by atoms with E-state index in [4.69, 9.17) is 16.3 Å². The van der Waals surface area contributed by atoms with Crippen molar-refractivity contribution in [1.82, 2.24) is 0 Å². The maximum atomic E-state index is 13.1. The lowest BCUT2D eigenvalue weighted by atomic mass is 10.2. The van der Waals surface area contributed by atoms with Gasteiger partial charge in [-0.25, -0.2) is 4.39 Å². The van der Waals surface area contributed by atoms with Gasteiger partial charge in [0, 0.05) is 0 Å². The fourth-order valence-electron chi connectivity index (χ4n) is 1.91. The van der Waals surface area contributed by atoms with Gasteiger partial charge in [-0.3, -0.25) is 0 Å². The van der Waals surface area contributed by atoms with E-state index >= 15 is 0 Å². The van der Waals surface area contributed by atoms with Crippen LogP contribution in [0.1, 0.15) is 31.2 Å². The summed E-state index contributed by atoms with van der Waals surface area (Å²) in [6, 6.07) is 3.00. The predicted molar refractivity (Wildman–Crippen MR) is 59.0 cm³/mol. The molecule has 1 fully saturated rings. The Kier molecular flexibility index (Phi) is 3.15. The Morgan fingerprint density at radius 3 is 2.67 bits per heavy atom. The fraction of sp³-hybridized carbons (Fsp3) is 0.500. The van der Waals surface area contributed by atoms with Crippen LogP contribution >= 0.6 is 11.6 Å². The third kappa shape index (κ3) is 2.43. The van der Waals surface area contributed by atoms with Gasteiger partial charge in [-0.1, -0.05) is 11.6 Å². The zero-order valence-corrected chi connectivity index (χ0v) is 9.48. The molecule has 0 aromatic heterocycles. The lowest BCUT2D eigenvalue weighted by Gasteiger charge is -2.14. The Bertz CT molecular complexity index is 359. The van der Waals surface area contributed by atoms with Gasteiger partial charge in [0.15, 0.2) is 0 Å². The Labute approximate surface area is 94.2 Å². The van der Waals surface area contributed by atoms with Crippen LogP contribution in [0.15, 0.2) is 12.1 Å². The van der Waals surface area contributed by atoms with E-state index in [2.05, 4.69) is 0 Å². The molecular weight excluding hydrogens is 215 g/mol. The molecule has 3 heteroatoms. The molecule has 0 unspecified atom stereocenters. The minimum atomic E-state index is -0.279. The summed E-state index contributed by atoms with van der Waals surface area (Å²) in [7, 11) is 0. The maximum Gasteiger partial charge on any atom is 0.138 e. The standard InChI is InChI=1S/C12H14ClFO/c1-8-6-12(10(13)7-11(8)14)15-9-4-2-3-5-9/h6-7,9H,2-5H2,1H3. The molecule has 1 saturated carbocycles. The molecule has 1 aliphatic carbocycles. The van der Waals surface area contributed by atoms with Gasteiger partial charge < -0.3 is 4.74 Å². The average molecular weight is 229 g/mol. The first-order valence-corrected chi connectivity index (χ1v) is 5.67. The molecule has 0 radical (unpaired) electrons. The Hall–Kier alpha value is -0.760. The number of aryl methyl sites for hydroxylation is 1. The van der Waals surface area contributed by atoms with Crippen molar-refractivity contribution in [3.63, 3.8) is 0 Å². The first kappa shape index (κ1) is 10.7. The van der Waals surface area contributed by atoms with Crippen molar-refractivity contribution < 1.29 is 9.13 Å². The molecule has 0 saturated heterocycles. The molecule has 0 heterocycles. The van der Waals surface area contributed by atoms with Gasteiger partial charge in [0.2, 0.25) is 0 Å². The highest BCUT2D eigenvalue weighted by atomic mass is 35.5. The van der Waals surface area contributed by atoms with Gasteiger partial charge in [-0.05, 0) is 50.3 Å². The first-order chi connectivity index (χ1) is 7.16. The van der Waals surface area contributed by atoms with Crippen LogP contribution in [0.2, 0.25) is 5.02 Å². The first-order valence-electron chi connectivity index (χ1n) is 5.29. The van der Waals surface area contributed by atoms with Crippen LogP contribution in [0.4, 0.5) is 4.39 Å². The second-order valence-corrected chi connectivity index (χ2v) is 4.46. The van der Waals surface area contributed by atoms with Crippen LogP contribution in [-0.4, -0.2) is 6.10 Å². The minimum Gasteiger partial charge on any atom is -0.489 e. The molecule has 0 spiro atoms. The number of hydrogen-bond acceptors (Lipinski definition) is 1. The van der Waals surface area contributed by atoms with Crippen molar-refractivity contribution in [2.24, 2.45) is 0 Å². The fourth-order valence-corrected chi connectivity index (χ4v) is 2.10. The lowest BCUT2D eigenvalue weighted by Crippen LogP contribution is -2.11. The summed E-state index contributed by atoms with van der Waals surface area (Å²) >= 11 is 5.91. The van der Waals surface area contributed by atoms with Crippen LogP contribution in [0.25, 0.3) is 0 Å². The van der Waals surface area contributed by atoms with Crippen LogP contribution in [0.5, 0.6) is 5.75 Å². The summed E-state index contributed by atoms with van der Waals surface area (Å²) in [5.41, 5.74) is 0.576. The van der Waals surface area contributed by atoms with Crippen LogP contribution in [-0.2, 0) is 0 Å². The molecule has 15 heavy (non-hydrogen) atoms. The third-order valence-corrected chi connectivity index (χ3v) is 3.10. The smallest absolute Gasteiger partial charge is 0.138 e. The summed E-state index contributed by atoms with van der Waals surface area (Å²) < 4.78 is 18.9. The van der Waals surface area contributed by atoms with Crippen molar-refractivity contribution in [1.29, 1.82) is 0 Å². The highest BCUT2D eigenvalue weighted by Crippen LogP contribution is 2.31. The van der Waals surface area contributed by atoms with E-state index < -0.39 is 0 Å². The van der Waals surface area contributed by atoms with Gasteiger partial charge in [0.05, 0.1) is 11.1 Å². The molecule has 0 aliphatic heterocycles. The van der Waals surface area contributed by atoms with Crippen molar-refractivity contribution in [3.8, 4) is 5.75 Å². The molecule has 82 valence electrons. The number of benzene rings is 1. The van der Waals surface area contributed by atoms with Gasteiger partial charge in [-0.15, -0.1) is 0 Å². The van der Waals surface area contributed by atoms with Crippen molar-refractivity contribution >= 4 is 11.6 Å². The van der Waals surface area contributed by atoms with Crippen LogP contribution in [0.3, 0.4) is 0 Å². The Morgan fingerprint density at radius 1 is 1.33 bits per heavy atom. The highest BCUT2D eigenvalue weighted by Gasteiger charge is 2.18. The van der Waals surface area contributed by atoms with Gasteiger partial charge in [0.25, 0.3) is 0 Å². The summed E-state index contributed by atoms with van der Waals surface area (Å²) in [6.45, 7) is 1.72. The van der Waals surface area contributed by atoms with Crippen molar-refractivity contribution in [3.05, 3.63) is 28.5 Å². The molecule has 2 rings (SSSR count). The highest BCUT2D eigenvalue weighted by molar-refractivity contribution is 6.32. The van der Waals surface area contributed by atoms with E-state index in [-0.39, 0.29) is 11.9 Å². The second-order valence-electron chi connectivity index (χ2n) is 4.06. The predicted octanol–water partition coefficient (Wildman–Crippen LogP) is 4.11. The van der Waals surface area contributed by atoms with Gasteiger partial charge >= 0.3 is 0 Å². The largest absolute Gasteiger partial charge is 0.489 e. The number of rotatable bonds is 2. The average Bonchev–Trinajstić information content (AvgIpc) is 2.67. The van der Waals surface area contributed by atoms with E-state index in [0.29, 0.717) is 16.3 Å². The topological polar surface area (TPSA) is 9.23 Å². The van der Waals surface area contributed by atoms with E-state index in [1.807, 2.05) is 0 Å². The lowest BCUT2D eigenvalue weighted by molar-refractivity contribution is 0.210. The molecule has 1 nitrogen and oxygen atoms in total. The minimum absolute atomic E-state index is 0.257. The van der Waals surface area contributed by atoms with E-state index in [0.717, 1.165) is 12.8 Å². The van der Waals surface area contributed by atoms with E-state index in [1.165, 1.54) is 18.9 Å². The number of halogens is 2. The zero-order chi connectivity index (χ0) is 10.8. The van der Waals surface area contributed by atoms with Crippen molar-refractivity contribution in [2.75, 3.05) is 0 Å². The normalized spacial score (nSPS) is 17.0. The van der Waals surface area contributed by atoms with Crippen LogP contribution in [0, 0.1) is 12.7 Å².